The fourth-order valence-electron chi connectivity index (χ4n) is 1.01. The molecule has 1 fully saturated rings. The number of aromatic nitrogens is 1. The van der Waals surface area contributed by atoms with E-state index in [0.717, 1.165) is 0 Å². The molecule has 1 radical (unpaired) electrons. The molecular formula is C8H7FNO. The molecule has 0 spiro atoms. The molecule has 11 heavy (non-hydrogen) atoms. The summed E-state index contributed by atoms with van der Waals surface area (Å²) >= 11 is 0. The summed E-state index contributed by atoms with van der Waals surface area (Å²) in [6, 6.07) is 6.02. The van der Waals surface area contributed by atoms with E-state index in [4.69, 9.17) is 4.74 Å². The van der Waals surface area contributed by atoms with Gasteiger partial charge in [-0.1, -0.05) is 6.07 Å². The summed E-state index contributed by atoms with van der Waals surface area (Å²) in [4.78, 5) is 3.86. The normalized spacial score (nSPS) is 20.8. The van der Waals surface area contributed by atoms with Crippen molar-refractivity contribution >= 4 is 0 Å². The first kappa shape index (κ1) is 6.73. The molecule has 57 valence electrons. The Hall–Kier alpha value is -0.960. The van der Waals surface area contributed by atoms with Gasteiger partial charge in [-0.3, -0.25) is 4.98 Å². The summed E-state index contributed by atoms with van der Waals surface area (Å²) in [5.41, 5.74) is -0.891. The molecule has 1 aliphatic rings. The summed E-state index contributed by atoms with van der Waals surface area (Å²) in [6.07, 6.45) is 1.47. The minimum Gasteiger partial charge on any atom is -0.374 e. The van der Waals surface area contributed by atoms with Gasteiger partial charge in [0.2, 0.25) is 0 Å². The van der Waals surface area contributed by atoms with Crippen LogP contribution in [0.3, 0.4) is 0 Å². The SMILES string of the molecule is FC1(c2cc[c]cn2)COC1. The number of alkyl halides is 1. The minimum absolute atomic E-state index is 0.129. The van der Waals surface area contributed by atoms with E-state index in [1.807, 2.05) is 0 Å². The number of pyridine rings is 1. The molecule has 0 atom stereocenters. The second-order valence-electron chi connectivity index (χ2n) is 2.60. The lowest BCUT2D eigenvalue weighted by molar-refractivity contribution is -0.137. The third-order valence-electron chi connectivity index (χ3n) is 1.74. The van der Waals surface area contributed by atoms with Crippen molar-refractivity contribution in [2.45, 2.75) is 5.67 Å². The molecule has 0 aliphatic carbocycles. The highest BCUT2D eigenvalue weighted by Crippen LogP contribution is 2.31. The van der Waals surface area contributed by atoms with Crippen LogP contribution in [0.25, 0.3) is 0 Å². The highest BCUT2D eigenvalue weighted by molar-refractivity contribution is 5.15. The van der Waals surface area contributed by atoms with Crippen molar-refractivity contribution in [3.63, 3.8) is 0 Å². The van der Waals surface area contributed by atoms with Crippen LogP contribution < -0.4 is 0 Å². The van der Waals surface area contributed by atoms with Gasteiger partial charge < -0.3 is 4.74 Å². The van der Waals surface area contributed by atoms with E-state index in [1.54, 1.807) is 12.1 Å². The molecule has 0 N–H and O–H groups in total. The Labute approximate surface area is 64.0 Å². The van der Waals surface area contributed by atoms with Crippen LogP contribution in [0, 0.1) is 6.07 Å². The third kappa shape index (κ3) is 1.01. The van der Waals surface area contributed by atoms with E-state index in [0.29, 0.717) is 5.69 Å². The fourth-order valence-corrected chi connectivity index (χ4v) is 1.01. The molecule has 3 heteroatoms. The van der Waals surface area contributed by atoms with Crippen molar-refractivity contribution in [1.29, 1.82) is 0 Å². The Morgan fingerprint density at radius 1 is 1.64 bits per heavy atom. The van der Waals surface area contributed by atoms with Crippen molar-refractivity contribution < 1.29 is 9.13 Å². The molecule has 1 aliphatic heterocycles. The van der Waals surface area contributed by atoms with Crippen LogP contribution in [0.4, 0.5) is 4.39 Å². The van der Waals surface area contributed by atoms with Gasteiger partial charge >= 0.3 is 0 Å². The number of hydrogen-bond acceptors (Lipinski definition) is 2. The molecule has 0 aromatic carbocycles. The van der Waals surface area contributed by atoms with E-state index in [1.165, 1.54) is 6.20 Å². The van der Waals surface area contributed by atoms with Crippen LogP contribution in [-0.2, 0) is 10.4 Å². The lowest BCUT2D eigenvalue weighted by Crippen LogP contribution is -2.43. The topological polar surface area (TPSA) is 22.1 Å². The largest absolute Gasteiger partial charge is 0.374 e. The van der Waals surface area contributed by atoms with Gasteiger partial charge in [0, 0.05) is 12.3 Å². The smallest absolute Gasteiger partial charge is 0.198 e. The lowest BCUT2D eigenvalue weighted by atomic mass is 10.00. The molecule has 2 rings (SSSR count). The molecular weight excluding hydrogens is 145 g/mol. The Morgan fingerprint density at radius 3 is 2.91 bits per heavy atom. The monoisotopic (exact) mass is 152 g/mol. The van der Waals surface area contributed by atoms with Gasteiger partial charge in [0.1, 0.15) is 0 Å². The van der Waals surface area contributed by atoms with Crippen LogP contribution in [0.15, 0.2) is 18.3 Å². The van der Waals surface area contributed by atoms with Gasteiger partial charge in [-0.15, -0.1) is 0 Å². The molecule has 1 aromatic heterocycles. The van der Waals surface area contributed by atoms with Crippen molar-refractivity contribution in [3.8, 4) is 0 Å². The zero-order valence-corrected chi connectivity index (χ0v) is 5.88. The van der Waals surface area contributed by atoms with E-state index in [9.17, 15) is 4.39 Å². The quantitative estimate of drug-likeness (QED) is 0.600. The van der Waals surface area contributed by atoms with Gasteiger partial charge in [0.25, 0.3) is 0 Å². The van der Waals surface area contributed by atoms with E-state index < -0.39 is 5.67 Å². The van der Waals surface area contributed by atoms with Crippen molar-refractivity contribution in [2.24, 2.45) is 0 Å². The lowest BCUT2D eigenvalue weighted by Gasteiger charge is -2.32. The van der Waals surface area contributed by atoms with Crippen molar-refractivity contribution in [3.05, 3.63) is 30.1 Å². The molecule has 0 bridgehead atoms. The highest BCUT2D eigenvalue weighted by atomic mass is 19.1. The highest BCUT2D eigenvalue weighted by Gasteiger charge is 2.41. The molecule has 1 aromatic rings. The molecule has 1 saturated heterocycles. The first-order valence-electron chi connectivity index (χ1n) is 3.40. The van der Waals surface area contributed by atoms with Crippen molar-refractivity contribution in [1.82, 2.24) is 4.98 Å². The fraction of sp³-hybridized carbons (Fsp3) is 0.375. The number of hydrogen-bond donors (Lipinski definition) is 0. The van der Waals surface area contributed by atoms with Gasteiger partial charge in [0.15, 0.2) is 5.67 Å². The number of halogens is 1. The standard InChI is InChI=1S/C8H7FNO/c9-8(5-11-6-8)7-3-1-2-4-10-7/h1,3-4H,5-6H2. The number of rotatable bonds is 1. The second-order valence-corrected chi connectivity index (χ2v) is 2.60. The first-order chi connectivity index (χ1) is 5.31. The third-order valence-corrected chi connectivity index (χ3v) is 1.74. The van der Waals surface area contributed by atoms with Gasteiger partial charge in [-0.05, 0) is 6.07 Å². The Kier molecular flexibility index (Phi) is 1.39. The average Bonchev–Trinajstić information content (AvgIpc) is 2.02. The van der Waals surface area contributed by atoms with Gasteiger partial charge in [-0.2, -0.15) is 0 Å². The summed E-state index contributed by atoms with van der Waals surface area (Å²) in [7, 11) is 0. The van der Waals surface area contributed by atoms with Crippen LogP contribution >= 0.6 is 0 Å². The van der Waals surface area contributed by atoms with Crippen LogP contribution in [0.5, 0.6) is 0 Å². The predicted octanol–water partition coefficient (Wildman–Crippen LogP) is 1.08. The maximum Gasteiger partial charge on any atom is 0.198 e. The number of ether oxygens (including phenoxy) is 1. The zero-order chi connectivity index (χ0) is 7.73. The first-order valence-corrected chi connectivity index (χ1v) is 3.40. The van der Waals surface area contributed by atoms with E-state index in [-0.39, 0.29) is 13.2 Å². The van der Waals surface area contributed by atoms with Gasteiger partial charge in [0.05, 0.1) is 18.9 Å². The summed E-state index contributed by atoms with van der Waals surface area (Å²) < 4.78 is 18.2. The molecule has 0 amide bonds. The average molecular weight is 152 g/mol. The van der Waals surface area contributed by atoms with E-state index >= 15 is 0 Å². The van der Waals surface area contributed by atoms with Crippen LogP contribution in [-0.4, -0.2) is 18.2 Å². The Morgan fingerprint density at radius 2 is 2.45 bits per heavy atom. The Balaban J connectivity index is 2.29. The second kappa shape index (κ2) is 2.27. The zero-order valence-electron chi connectivity index (χ0n) is 5.88. The Bertz CT molecular complexity index is 246. The summed E-state index contributed by atoms with van der Waals surface area (Å²) in [6.45, 7) is 0.258. The van der Waals surface area contributed by atoms with Crippen molar-refractivity contribution in [2.75, 3.05) is 13.2 Å². The maximum absolute atomic E-state index is 13.4. The molecule has 0 saturated carbocycles. The summed E-state index contributed by atoms with van der Waals surface area (Å²) in [5.74, 6) is 0. The minimum atomic E-state index is -1.34. The van der Waals surface area contributed by atoms with E-state index in [2.05, 4.69) is 11.1 Å². The molecule has 2 heterocycles. The molecule has 0 unspecified atom stereocenters. The van der Waals surface area contributed by atoms with Crippen LogP contribution in [0.1, 0.15) is 5.69 Å². The van der Waals surface area contributed by atoms with Crippen LogP contribution in [0.2, 0.25) is 0 Å². The predicted molar refractivity (Wildman–Crippen MR) is 36.7 cm³/mol. The maximum atomic E-state index is 13.4. The number of nitrogens with zero attached hydrogens (tertiary/aromatic N) is 1. The van der Waals surface area contributed by atoms with Gasteiger partial charge in [-0.25, -0.2) is 4.39 Å². The summed E-state index contributed by atoms with van der Waals surface area (Å²) in [5, 5.41) is 0. The molecule has 2 nitrogen and oxygen atoms in total.